The van der Waals surface area contributed by atoms with Crippen LogP contribution in [-0.2, 0) is 9.59 Å². The summed E-state index contributed by atoms with van der Waals surface area (Å²) in [5.41, 5.74) is 1.56. The summed E-state index contributed by atoms with van der Waals surface area (Å²) in [7, 11) is 0. The zero-order chi connectivity index (χ0) is 20.7. The quantitative estimate of drug-likeness (QED) is 0.566. The minimum Gasteiger partial charge on any atom is -0.393 e. The Balaban J connectivity index is 1.76. The molecule has 3 saturated carbocycles. The van der Waals surface area contributed by atoms with Gasteiger partial charge in [-0.3, -0.25) is 9.59 Å². The van der Waals surface area contributed by atoms with Crippen molar-refractivity contribution in [2.45, 2.75) is 70.2 Å². The molecule has 6 heteroatoms. The maximum absolute atomic E-state index is 12.0. The molecule has 0 aromatic heterocycles. The number of primary amides is 1. The number of fused-ring (bicyclic) bond motifs is 5. The van der Waals surface area contributed by atoms with Crippen LogP contribution in [0.25, 0.3) is 0 Å². The van der Waals surface area contributed by atoms with Crippen LogP contribution in [0.1, 0.15) is 52.9 Å². The van der Waals surface area contributed by atoms with E-state index in [0.29, 0.717) is 6.42 Å². The van der Waals surface area contributed by atoms with E-state index in [9.17, 15) is 24.9 Å². The molecule has 0 bridgehead atoms. The molecule has 4 rings (SSSR count). The Morgan fingerprint density at radius 3 is 2.64 bits per heavy atom. The number of rotatable bonds is 2. The van der Waals surface area contributed by atoms with Crippen LogP contribution in [0, 0.1) is 28.6 Å². The first-order valence-corrected chi connectivity index (χ1v) is 10.3. The highest BCUT2D eigenvalue weighted by atomic mass is 16.4. The van der Waals surface area contributed by atoms with Crippen molar-refractivity contribution < 1.29 is 24.9 Å². The molecule has 0 aliphatic heterocycles. The highest BCUT2D eigenvalue weighted by Gasteiger charge is 2.71. The molecule has 2 unspecified atom stereocenters. The van der Waals surface area contributed by atoms with E-state index < -0.39 is 28.6 Å². The van der Waals surface area contributed by atoms with Crippen molar-refractivity contribution in [3.05, 3.63) is 23.8 Å². The molecule has 154 valence electrons. The van der Waals surface area contributed by atoms with Gasteiger partial charge in [0.1, 0.15) is 5.60 Å². The van der Waals surface area contributed by atoms with Gasteiger partial charge in [-0.25, -0.2) is 0 Å². The first kappa shape index (κ1) is 19.8. The molecule has 4 aliphatic rings. The van der Waals surface area contributed by atoms with Gasteiger partial charge in [0.05, 0.1) is 6.10 Å². The van der Waals surface area contributed by atoms with Crippen molar-refractivity contribution in [1.82, 2.24) is 0 Å². The fraction of sp³-hybridized carbons (Fsp3) is 0.727. The number of allylic oxidation sites excluding steroid dienone is 4. The standard InChI is InChI=1S/C22H31NO5/c1-19-8-6-13(24)10-12(19)4-5-14-15-7-9-22(28,21(3,27)18(23)26)20(15,2)11-16(25)17(14)19/h6,8,10,14-17,25,27-28H,4-5,7,9,11H2,1-3H3,(H2,23,26)/t14-,15-,16?,17+,19-,20-,21?,22+/m0/s1. The van der Waals surface area contributed by atoms with Crippen LogP contribution in [0.15, 0.2) is 23.8 Å². The van der Waals surface area contributed by atoms with Crippen LogP contribution in [0.2, 0.25) is 0 Å². The van der Waals surface area contributed by atoms with Crippen molar-refractivity contribution >= 4 is 11.7 Å². The summed E-state index contributed by atoms with van der Waals surface area (Å²) < 4.78 is 0. The number of nitrogens with two attached hydrogens (primary N) is 1. The van der Waals surface area contributed by atoms with Gasteiger partial charge >= 0.3 is 0 Å². The van der Waals surface area contributed by atoms with Crippen molar-refractivity contribution in [3.63, 3.8) is 0 Å². The van der Waals surface area contributed by atoms with Gasteiger partial charge in [-0.1, -0.05) is 25.5 Å². The Morgan fingerprint density at radius 1 is 1.32 bits per heavy atom. The van der Waals surface area contributed by atoms with Crippen molar-refractivity contribution in [2.75, 3.05) is 0 Å². The van der Waals surface area contributed by atoms with Crippen LogP contribution in [0.3, 0.4) is 0 Å². The Hall–Kier alpha value is -1.50. The third-order valence-electron chi connectivity index (χ3n) is 8.93. The Bertz CT molecular complexity index is 801. The fourth-order valence-electron chi connectivity index (χ4n) is 7.33. The Labute approximate surface area is 165 Å². The van der Waals surface area contributed by atoms with Gasteiger partial charge in [0.2, 0.25) is 0 Å². The summed E-state index contributed by atoms with van der Waals surface area (Å²) in [6.07, 6.45) is 7.34. The predicted octanol–water partition coefficient (Wildman–Crippen LogP) is 1.23. The highest BCUT2D eigenvalue weighted by molar-refractivity contribution is 6.01. The van der Waals surface area contributed by atoms with Crippen LogP contribution >= 0.6 is 0 Å². The molecule has 8 atom stereocenters. The van der Waals surface area contributed by atoms with Gasteiger partial charge in [0, 0.05) is 16.7 Å². The normalized spacial score (nSPS) is 49.5. The lowest BCUT2D eigenvalue weighted by atomic mass is 9.45. The zero-order valence-corrected chi connectivity index (χ0v) is 16.8. The van der Waals surface area contributed by atoms with Gasteiger partial charge < -0.3 is 21.1 Å². The molecule has 6 nitrogen and oxygen atoms in total. The Kier molecular flexibility index (Phi) is 4.08. The van der Waals surface area contributed by atoms with E-state index in [-0.39, 0.29) is 41.8 Å². The second kappa shape index (κ2) is 5.77. The molecule has 3 fully saturated rings. The van der Waals surface area contributed by atoms with Crippen LogP contribution < -0.4 is 5.73 Å². The minimum absolute atomic E-state index is 0.00573. The summed E-state index contributed by atoms with van der Waals surface area (Å²) in [4.78, 5) is 23.8. The van der Waals surface area contributed by atoms with Crippen LogP contribution in [-0.4, -0.2) is 44.3 Å². The topological polar surface area (TPSA) is 121 Å². The first-order valence-electron chi connectivity index (χ1n) is 10.3. The van der Waals surface area contributed by atoms with E-state index >= 15 is 0 Å². The average molecular weight is 389 g/mol. The molecule has 4 aliphatic carbocycles. The minimum atomic E-state index is -2.07. The second-order valence-electron chi connectivity index (χ2n) is 10.0. The number of hydrogen-bond acceptors (Lipinski definition) is 5. The summed E-state index contributed by atoms with van der Waals surface area (Å²) in [5, 5.41) is 33.7. The number of carbonyl (C=O) groups excluding carboxylic acids is 2. The van der Waals surface area contributed by atoms with Gasteiger partial charge in [-0.2, -0.15) is 0 Å². The molecule has 0 spiro atoms. The number of aliphatic hydroxyl groups is 3. The number of amides is 1. The highest BCUT2D eigenvalue weighted by Crippen LogP contribution is 2.68. The van der Waals surface area contributed by atoms with Crippen molar-refractivity contribution in [2.24, 2.45) is 34.3 Å². The molecular weight excluding hydrogens is 358 g/mol. The Morgan fingerprint density at radius 2 is 2.00 bits per heavy atom. The second-order valence-corrected chi connectivity index (χ2v) is 10.0. The molecular formula is C22H31NO5. The summed E-state index contributed by atoms with van der Waals surface area (Å²) in [6, 6.07) is 0. The number of aliphatic hydroxyl groups excluding tert-OH is 1. The van der Waals surface area contributed by atoms with E-state index in [1.165, 1.54) is 6.92 Å². The maximum atomic E-state index is 12.0. The molecule has 5 N–H and O–H groups in total. The fourth-order valence-corrected chi connectivity index (χ4v) is 7.33. The summed E-state index contributed by atoms with van der Waals surface area (Å²) in [6.45, 7) is 5.26. The van der Waals surface area contributed by atoms with Crippen LogP contribution in [0.4, 0.5) is 0 Å². The summed E-state index contributed by atoms with van der Waals surface area (Å²) in [5.74, 6) is -0.819. The molecule has 28 heavy (non-hydrogen) atoms. The van der Waals surface area contributed by atoms with E-state index in [2.05, 4.69) is 6.92 Å². The average Bonchev–Trinajstić information content (AvgIpc) is 2.87. The lowest BCUT2D eigenvalue weighted by Gasteiger charge is -2.61. The van der Waals surface area contributed by atoms with E-state index in [0.717, 1.165) is 18.4 Å². The van der Waals surface area contributed by atoms with E-state index in [4.69, 9.17) is 5.73 Å². The molecule has 1 amide bonds. The lowest BCUT2D eigenvalue weighted by molar-refractivity contribution is -0.227. The SMILES string of the molecule is CC(O)(C(N)=O)[C@@]1(O)CC[C@H]2[C@@H]3CCC4=CC(=O)C=C[C@]4(C)[C@H]3C(O)C[C@@]21C. The van der Waals surface area contributed by atoms with E-state index in [1.54, 1.807) is 12.2 Å². The third kappa shape index (κ3) is 2.20. The number of hydrogen-bond donors (Lipinski definition) is 4. The van der Waals surface area contributed by atoms with Crippen molar-refractivity contribution in [1.29, 1.82) is 0 Å². The van der Waals surface area contributed by atoms with Crippen molar-refractivity contribution in [3.8, 4) is 0 Å². The third-order valence-corrected chi connectivity index (χ3v) is 8.93. The zero-order valence-electron chi connectivity index (χ0n) is 16.8. The van der Waals surface area contributed by atoms with Gasteiger partial charge in [-0.05, 0) is 63.0 Å². The van der Waals surface area contributed by atoms with Gasteiger partial charge in [0.15, 0.2) is 11.4 Å². The van der Waals surface area contributed by atoms with Gasteiger partial charge in [-0.15, -0.1) is 0 Å². The lowest BCUT2D eigenvalue weighted by Crippen LogP contribution is -2.69. The van der Waals surface area contributed by atoms with E-state index in [1.807, 2.05) is 13.0 Å². The smallest absolute Gasteiger partial charge is 0.252 e. The number of ketones is 1. The maximum Gasteiger partial charge on any atom is 0.252 e. The predicted molar refractivity (Wildman–Crippen MR) is 103 cm³/mol. The molecule has 0 aromatic carbocycles. The number of carbonyl (C=O) groups is 2. The van der Waals surface area contributed by atoms with Gasteiger partial charge in [0.25, 0.3) is 5.91 Å². The molecule has 0 aromatic rings. The molecule has 0 heterocycles. The first-order chi connectivity index (χ1) is 12.9. The summed E-state index contributed by atoms with van der Waals surface area (Å²) >= 11 is 0. The van der Waals surface area contributed by atoms with Crippen LogP contribution in [0.5, 0.6) is 0 Å². The largest absolute Gasteiger partial charge is 0.393 e. The molecule has 0 saturated heterocycles. The monoisotopic (exact) mass is 389 g/mol. The molecule has 0 radical (unpaired) electrons.